The lowest BCUT2D eigenvalue weighted by atomic mass is 9.98. The van der Waals surface area contributed by atoms with E-state index in [-0.39, 0.29) is 22.8 Å². The van der Waals surface area contributed by atoms with E-state index in [0.29, 0.717) is 0 Å². The summed E-state index contributed by atoms with van der Waals surface area (Å²) in [6.07, 6.45) is 6.44. The first kappa shape index (κ1) is 14.1. The van der Waals surface area contributed by atoms with Gasteiger partial charge < -0.3 is 10.2 Å². The third-order valence-electron chi connectivity index (χ3n) is 3.00. The molecule has 1 aromatic carbocycles. The third-order valence-corrected chi connectivity index (χ3v) is 3.00. The molecule has 20 heavy (non-hydrogen) atoms. The molecule has 0 aliphatic carbocycles. The van der Waals surface area contributed by atoms with Gasteiger partial charge in [-0.05, 0) is 23.6 Å². The van der Waals surface area contributed by atoms with E-state index in [1.807, 2.05) is 6.07 Å². The molecule has 3 nitrogen and oxygen atoms in total. The van der Waals surface area contributed by atoms with E-state index in [1.165, 1.54) is 12.1 Å². The predicted octanol–water partition coefficient (Wildman–Crippen LogP) is 3.93. The molecule has 0 spiro atoms. The highest BCUT2D eigenvalue weighted by molar-refractivity contribution is 5.72. The monoisotopic (exact) mass is 273 g/mol. The normalized spacial score (nSPS) is 11.4. The van der Waals surface area contributed by atoms with Crippen LogP contribution in [0.2, 0.25) is 0 Å². The molecule has 4 heteroatoms. The Balaban J connectivity index is 2.42. The van der Waals surface area contributed by atoms with Gasteiger partial charge in [0, 0.05) is 23.5 Å². The van der Waals surface area contributed by atoms with Gasteiger partial charge in [0.15, 0.2) is 11.6 Å². The summed E-state index contributed by atoms with van der Waals surface area (Å²) in [5.74, 6) is -1.50. The van der Waals surface area contributed by atoms with E-state index in [4.69, 9.17) is 0 Å². The maximum absolute atomic E-state index is 14.1. The fourth-order valence-electron chi connectivity index (χ4n) is 2.02. The first-order valence-corrected chi connectivity index (χ1v) is 6.33. The van der Waals surface area contributed by atoms with Crippen molar-refractivity contribution in [3.05, 3.63) is 53.1 Å². The number of aromatic nitrogens is 1. The second-order valence-corrected chi connectivity index (χ2v) is 4.84. The van der Waals surface area contributed by atoms with E-state index in [2.05, 4.69) is 4.98 Å². The summed E-state index contributed by atoms with van der Waals surface area (Å²) in [5.41, 5.74) is 1.16. The van der Waals surface area contributed by atoms with Gasteiger partial charge >= 0.3 is 0 Å². The number of aromatic hydroxyl groups is 2. The zero-order valence-electron chi connectivity index (χ0n) is 11.3. The molecule has 2 N–H and O–H groups in total. The van der Waals surface area contributed by atoms with Crippen molar-refractivity contribution in [2.24, 2.45) is 0 Å². The van der Waals surface area contributed by atoms with Crippen LogP contribution >= 0.6 is 0 Å². The molecular formula is C16H16FNO2. The molecule has 2 aromatic rings. The van der Waals surface area contributed by atoms with Crippen LogP contribution in [0.4, 0.5) is 4.39 Å². The van der Waals surface area contributed by atoms with Gasteiger partial charge in [-0.25, -0.2) is 4.39 Å². The fraction of sp³-hybridized carbons (Fsp3) is 0.188. The third kappa shape index (κ3) is 2.79. The van der Waals surface area contributed by atoms with Crippen LogP contribution in [-0.4, -0.2) is 15.2 Å². The highest BCUT2D eigenvalue weighted by atomic mass is 19.1. The maximum Gasteiger partial charge on any atom is 0.172 e. The summed E-state index contributed by atoms with van der Waals surface area (Å²) in [6.45, 7) is 3.55. The smallest absolute Gasteiger partial charge is 0.172 e. The number of nitrogens with zero attached hydrogens (tertiary/aromatic N) is 1. The summed E-state index contributed by atoms with van der Waals surface area (Å²) < 4.78 is 14.1. The molecule has 0 amide bonds. The second kappa shape index (κ2) is 5.74. The Bertz CT molecular complexity index is 637. The minimum atomic E-state index is -0.730. The molecule has 104 valence electrons. The van der Waals surface area contributed by atoms with E-state index in [9.17, 15) is 14.6 Å². The summed E-state index contributed by atoms with van der Waals surface area (Å²) in [7, 11) is 0. The van der Waals surface area contributed by atoms with Crippen molar-refractivity contribution < 1.29 is 14.6 Å². The number of halogens is 1. The van der Waals surface area contributed by atoms with Crippen molar-refractivity contribution in [1.82, 2.24) is 4.98 Å². The van der Waals surface area contributed by atoms with Crippen molar-refractivity contribution in [2.75, 3.05) is 0 Å². The predicted molar refractivity (Wildman–Crippen MR) is 77.0 cm³/mol. The number of benzene rings is 1. The molecule has 0 aliphatic rings. The van der Waals surface area contributed by atoms with E-state index in [1.54, 1.807) is 38.4 Å². The molecule has 1 heterocycles. The number of phenolic OH excluding ortho intramolecular Hbond substituents is 2. The SMILES string of the molecule is CC(C)c1c(O)cc(C=Cc2cccnc2)c(F)c1O. The lowest BCUT2D eigenvalue weighted by molar-refractivity contribution is 0.404. The molecule has 0 aliphatic heterocycles. The van der Waals surface area contributed by atoms with E-state index in [0.717, 1.165) is 5.56 Å². The zero-order chi connectivity index (χ0) is 14.7. The van der Waals surface area contributed by atoms with E-state index >= 15 is 0 Å². The first-order chi connectivity index (χ1) is 9.50. The minimum Gasteiger partial charge on any atom is -0.507 e. The Morgan fingerprint density at radius 3 is 2.60 bits per heavy atom. The Hall–Kier alpha value is -2.36. The number of hydrogen-bond acceptors (Lipinski definition) is 3. The van der Waals surface area contributed by atoms with Crippen molar-refractivity contribution in [2.45, 2.75) is 19.8 Å². The van der Waals surface area contributed by atoms with Crippen LogP contribution in [-0.2, 0) is 0 Å². The molecule has 1 aromatic heterocycles. The molecule has 0 fully saturated rings. The molecular weight excluding hydrogens is 257 g/mol. The summed E-state index contributed by atoms with van der Waals surface area (Å²) in [5, 5.41) is 19.7. The lowest BCUT2D eigenvalue weighted by Gasteiger charge is -2.13. The molecule has 0 bridgehead atoms. The molecule has 0 saturated heterocycles. The summed E-state index contributed by atoms with van der Waals surface area (Å²) in [4.78, 5) is 3.95. The van der Waals surface area contributed by atoms with Crippen molar-refractivity contribution in [3.8, 4) is 11.5 Å². The zero-order valence-corrected chi connectivity index (χ0v) is 11.3. The van der Waals surface area contributed by atoms with Gasteiger partial charge in [-0.2, -0.15) is 0 Å². The Kier molecular flexibility index (Phi) is 4.03. The van der Waals surface area contributed by atoms with Crippen LogP contribution in [0.25, 0.3) is 12.2 Å². The van der Waals surface area contributed by atoms with Gasteiger partial charge in [-0.3, -0.25) is 4.98 Å². The van der Waals surface area contributed by atoms with Gasteiger partial charge in [0.1, 0.15) is 5.75 Å². The number of pyridine rings is 1. The quantitative estimate of drug-likeness (QED) is 0.891. The van der Waals surface area contributed by atoms with Gasteiger partial charge in [-0.15, -0.1) is 0 Å². The van der Waals surface area contributed by atoms with Crippen molar-refractivity contribution >= 4 is 12.2 Å². The number of hydrogen-bond donors (Lipinski definition) is 2. The summed E-state index contributed by atoms with van der Waals surface area (Å²) in [6, 6.07) is 4.91. The van der Waals surface area contributed by atoms with Crippen LogP contribution in [0.5, 0.6) is 11.5 Å². The average molecular weight is 273 g/mol. The fourth-order valence-corrected chi connectivity index (χ4v) is 2.02. The molecule has 0 atom stereocenters. The number of phenols is 2. The topological polar surface area (TPSA) is 53.4 Å². The Morgan fingerprint density at radius 2 is 2.00 bits per heavy atom. The van der Waals surface area contributed by atoms with Crippen LogP contribution < -0.4 is 0 Å². The lowest BCUT2D eigenvalue weighted by Crippen LogP contribution is -1.94. The highest BCUT2D eigenvalue weighted by Gasteiger charge is 2.18. The Morgan fingerprint density at radius 1 is 1.25 bits per heavy atom. The molecule has 0 unspecified atom stereocenters. The highest BCUT2D eigenvalue weighted by Crippen LogP contribution is 2.38. The average Bonchev–Trinajstić information content (AvgIpc) is 2.42. The van der Waals surface area contributed by atoms with Crippen LogP contribution in [0.3, 0.4) is 0 Å². The van der Waals surface area contributed by atoms with Gasteiger partial charge in [0.25, 0.3) is 0 Å². The molecule has 0 saturated carbocycles. The van der Waals surface area contributed by atoms with Crippen LogP contribution in [0, 0.1) is 5.82 Å². The van der Waals surface area contributed by atoms with Crippen LogP contribution in [0.15, 0.2) is 30.6 Å². The van der Waals surface area contributed by atoms with Crippen molar-refractivity contribution in [1.29, 1.82) is 0 Å². The van der Waals surface area contributed by atoms with Crippen molar-refractivity contribution in [3.63, 3.8) is 0 Å². The first-order valence-electron chi connectivity index (χ1n) is 6.33. The molecule has 2 rings (SSSR count). The minimum absolute atomic E-state index is 0.107. The van der Waals surface area contributed by atoms with E-state index < -0.39 is 11.6 Å². The second-order valence-electron chi connectivity index (χ2n) is 4.84. The van der Waals surface area contributed by atoms with Gasteiger partial charge in [0.2, 0.25) is 0 Å². The van der Waals surface area contributed by atoms with Gasteiger partial charge in [-0.1, -0.05) is 32.1 Å². The Labute approximate surface area is 117 Å². The van der Waals surface area contributed by atoms with Crippen LogP contribution in [0.1, 0.15) is 36.5 Å². The largest absolute Gasteiger partial charge is 0.507 e. The summed E-state index contributed by atoms with van der Waals surface area (Å²) >= 11 is 0. The van der Waals surface area contributed by atoms with Gasteiger partial charge in [0.05, 0.1) is 0 Å². The standard InChI is InChI=1S/C16H16FNO2/c1-10(2)14-13(19)8-12(15(17)16(14)20)6-5-11-4-3-7-18-9-11/h3-10,19-20H,1-2H3. The molecule has 0 radical (unpaired) electrons. The maximum atomic E-state index is 14.1. The number of rotatable bonds is 3.